The molecule has 1 rings (SSSR count). The standard InChI is InChI=1S/C7H11F2NO2/c8-7(9)4-2-1-3-6(7,10)5(11)12/h1-4,10H2,(H,11,12)/t6-/m0/s1. The molecule has 1 aliphatic rings. The molecular formula is C7H11F2NO2. The number of carbonyl (C=O) groups is 1. The van der Waals surface area contributed by atoms with E-state index in [0.29, 0.717) is 12.8 Å². The van der Waals surface area contributed by atoms with Crippen LogP contribution in [0.1, 0.15) is 25.7 Å². The third-order valence-corrected chi connectivity index (χ3v) is 2.35. The molecule has 0 bridgehead atoms. The van der Waals surface area contributed by atoms with Crippen molar-refractivity contribution in [3.63, 3.8) is 0 Å². The maximum absolute atomic E-state index is 13.0. The minimum atomic E-state index is -3.27. The Morgan fingerprint density at radius 2 is 1.83 bits per heavy atom. The van der Waals surface area contributed by atoms with Crippen LogP contribution in [0.3, 0.4) is 0 Å². The molecule has 1 atom stereocenters. The number of nitrogens with two attached hydrogens (primary N) is 1. The van der Waals surface area contributed by atoms with E-state index in [0.717, 1.165) is 0 Å². The van der Waals surface area contributed by atoms with Gasteiger partial charge in [0.2, 0.25) is 0 Å². The normalized spacial score (nSPS) is 34.6. The van der Waals surface area contributed by atoms with Crippen LogP contribution in [0.2, 0.25) is 0 Å². The summed E-state index contributed by atoms with van der Waals surface area (Å²) in [6.07, 6.45) is 0.239. The Bertz CT molecular complexity index is 208. The molecule has 0 amide bonds. The van der Waals surface area contributed by atoms with Gasteiger partial charge in [0.15, 0.2) is 5.54 Å². The molecular weight excluding hydrogens is 168 g/mol. The number of carboxylic acids is 1. The van der Waals surface area contributed by atoms with Gasteiger partial charge in [0.25, 0.3) is 5.92 Å². The molecule has 1 fully saturated rings. The van der Waals surface area contributed by atoms with Gasteiger partial charge in [0, 0.05) is 6.42 Å². The molecule has 0 spiro atoms. The SMILES string of the molecule is N[C@]1(C(=O)O)CCCCC1(F)F. The molecule has 0 aliphatic heterocycles. The summed E-state index contributed by atoms with van der Waals surface area (Å²) in [5, 5.41) is 8.53. The zero-order valence-electron chi connectivity index (χ0n) is 6.52. The van der Waals surface area contributed by atoms with Crippen molar-refractivity contribution in [1.82, 2.24) is 0 Å². The summed E-state index contributed by atoms with van der Waals surface area (Å²) in [5.74, 6) is -4.87. The maximum atomic E-state index is 13.0. The minimum Gasteiger partial charge on any atom is -0.480 e. The molecule has 0 saturated heterocycles. The summed E-state index contributed by atoms with van der Waals surface area (Å²) in [5.41, 5.74) is 2.79. The van der Waals surface area contributed by atoms with Gasteiger partial charge >= 0.3 is 5.97 Å². The molecule has 12 heavy (non-hydrogen) atoms. The van der Waals surface area contributed by atoms with Crippen LogP contribution in [0.5, 0.6) is 0 Å². The summed E-state index contributed by atoms with van der Waals surface area (Å²) in [4.78, 5) is 10.5. The van der Waals surface area contributed by atoms with Crippen LogP contribution < -0.4 is 5.73 Å². The van der Waals surface area contributed by atoms with Gasteiger partial charge in [0.1, 0.15) is 0 Å². The molecule has 0 unspecified atom stereocenters. The van der Waals surface area contributed by atoms with Gasteiger partial charge in [-0.05, 0) is 12.8 Å². The van der Waals surface area contributed by atoms with Crippen molar-refractivity contribution in [2.24, 2.45) is 5.73 Å². The van der Waals surface area contributed by atoms with Crippen molar-refractivity contribution in [3.05, 3.63) is 0 Å². The van der Waals surface area contributed by atoms with Crippen LogP contribution in [0.15, 0.2) is 0 Å². The molecule has 0 radical (unpaired) electrons. The molecule has 1 saturated carbocycles. The lowest BCUT2D eigenvalue weighted by molar-refractivity contribution is -0.167. The van der Waals surface area contributed by atoms with Crippen molar-refractivity contribution in [1.29, 1.82) is 0 Å². The predicted octanol–water partition coefficient (Wildman–Crippen LogP) is 0.978. The predicted molar refractivity (Wildman–Crippen MR) is 38.0 cm³/mol. The molecule has 0 aromatic rings. The summed E-state index contributed by atoms with van der Waals surface area (Å²) in [7, 11) is 0. The lowest BCUT2D eigenvalue weighted by Crippen LogP contribution is -2.62. The number of hydrogen-bond acceptors (Lipinski definition) is 2. The second-order valence-corrected chi connectivity index (χ2v) is 3.19. The molecule has 70 valence electrons. The first-order valence-electron chi connectivity index (χ1n) is 3.80. The number of carboxylic acid groups (broad SMARTS) is 1. The Kier molecular flexibility index (Phi) is 2.07. The van der Waals surface area contributed by atoms with E-state index in [9.17, 15) is 13.6 Å². The molecule has 0 aromatic carbocycles. The second-order valence-electron chi connectivity index (χ2n) is 3.19. The Balaban J connectivity index is 2.91. The van der Waals surface area contributed by atoms with Gasteiger partial charge in [-0.15, -0.1) is 0 Å². The third-order valence-electron chi connectivity index (χ3n) is 2.35. The van der Waals surface area contributed by atoms with Crippen molar-refractivity contribution in [2.75, 3.05) is 0 Å². The third kappa shape index (κ3) is 1.18. The fraction of sp³-hybridized carbons (Fsp3) is 0.857. The average molecular weight is 179 g/mol. The minimum absolute atomic E-state index is 0.144. The molecule has 5 heteroatoms. The lowest BCUT2D eigenvalue weighted by atomic mass is 9.79. The quantitative estimate of drug-likeness (QED) is 0.630. The van der Waals surface area contributed by atoms with E-state index in [2.05, 4.69) is 0 Å². The Labute approximate surface area is 68.5 Å². The summed E-state index contributed by atoms with van der Waals surface area (Å²) < 4.78 is 26.0. The summed E-state index contributed by atoms with van der Waals surface area (Å²) in [6, 6.07) is 0. The molecule has 0 aromatic heterocycles. The van der Waals surface area contributed by atoms with Gasteiger partial charge in [-0.25, -0.2) is 13.6 Å². The van der Waals surface area contributed by atoms with Crippen LogP contribution in [0.4, 0.5) is 8.78 Å². The highest BCUT2D eigenvalue weighted by Crippen LogP contribution is 2.40. The number of hydrogen-bond donors (Lipinski definition) is 2. The van der Waals surface area contributed by atoms with Crippen LogP contribution in [0, 0.1) is 0 Å². The van der Waals surface area contributed by atoms with Crippen LogP contribution in [-0.4, -0.2) is 22.5 Å². The zero-order valence-corrected chi connectivity index (χ0v) is 6.52. The van der Waals surface area contributed by atoms with Crippen LogP contribution in [0.25, 0.3) is 0 Å². The highest BCUT2D eigenvalue weighted by Gasteiger charge is 2.57. The number of rotatable bonds is 1. The van der Waals surface area contributed by atoms with E-state index in [4.69, 9.17) is 10.8 Å². The van der Waals surface area contributed by atoms with E-state index in [-0.39, 0.29) is 6.42 Å². The van der Waals surface area contributed by atoms with Gasteiger partial charge < -0.3 is 10.8 Å². The Morgan fingerprint density at radius 1 is 1.33 bits per heavy atom. The number of alkyl halides is 2. The van der Waals surface area contributed by atoms with Gasteiger partial charge in [-0.3, -0.25) is 0 Å². The summed E-state index contributed by atoms with van der Waals surface area (Å²) >= 11 is 0. The van der Waals surface area contributed by atoms with Crippen LogP contribution >= 0.6 is 0 Å². The van der Waals surface area contributed by atoms with Gasteiger partial charge in [-0.2, -0.15) is 0 Å². The van der Waals surface area contributed by atoms with Gasteiger partial charge in [0.05, 0.1) is 0 Å². The summed E-state index contributed by atoms with van der Waals surface area (Å²) in [6.45, 7) is 0. The Morgan fingerprint density at radius 3 is 2.17 bits per heavy atom. The molecule has 3 nitrogen and oxygen atoms in total. The number of halogens is 2. The van der Waals surface area contributed by atoms with E-state index in [1.54, 1.807) is 0 Å². The van der Waals surface area contributed by atoms with Crippen molar-refractivity contribution in [3.8, 4) is 0 Å². The molecule has 1 aliphatic carbocycles. The van der Waals surface area contributed by atoms with E-state index in [1.165, 1.54) is 0 Å². The van der Waals surface area contributed by atoms with Gasteiger partial charge in [-0.1, -0.05) is 6.42 Å². The van der Waals surface area contributed by atoms with E-state index in [1.807, 2.05) is 0 Å². The van der Waals surface area contributed by atoms with Crippen molar-refractivity contribution < 1.29 is 18.7 Å². The topological polar surface area (TPSA) is 63.3 Å². The first-order chi connectivity index (χ1) is 5.40. The lowest BCUT2D eigenvalue weighted by Gasteiger charge is -2.36. The zero-order chi connectivity index (χ0) is 9.41. The van der Waals surface area contributed by atoms with Crippen molar-refractivity contribution in [2.45, 2.75) is 37.1 Å². The fourth-order valence-corrected chi connectivity index (χ4v) is 1.42. The largest absolute Gasteiger partial charge is 0.480 e. The average Bonchev–Trinajstić information content (AvgIpc) is 1.95. The Hall–Kier alpha value is -0.710. The van der Waals surface area contributed by atoms with E-state index < -0.39 is 23.9 Å². The highest BCUT2D eigenvalue weighted by atomic mass is 19.3. The monoisotopic (exact) mass is 179 g/mol. The van der Waals surface area contributed by atoms with E-state index >= 15 is 0 Å². The maximum Gasteiger partial charge on any atom is 0.329 e. The first kappa shape index (κ1) is 9.38. The molecule has 0 heterocycles. The molecule has 3 N–H and O–H groups in total. The van der Waals surface area contributed by atoms with Crippen molar-refractivity contribution >= 4 is 5.97 Å². The highest BCUT2D eigenvalue weighted by molar-refractivity contribution is 5.80. The fourth-order valence-electron chi connectivity index (χ4n) is 1.42. The smallest absolute Gasteiger partial charge is 0.329 e. The number of aliphatic carboxylic acids is 1. The van der Waals surface area contributed by atoms with Crippen LogP contribution in [-0.2, 0) is 4.79 Å². The first-order valence-corrected chi connectivity index (χ1v) is 3.80. The second kappa shape index (κ2) is 2.65.